The smallest absolute Gasteiger partial charge is 0.306 e. The molecule has 1 saturated carbocycles. The maximum absolute atomic E-state index is 15.2. The van der Waals surface area contributed by atoms with E-state index in [0.29, 0.717) is 6.54 Å². The molecular weight excluding hydrogens is 599 g/mol. The van der Waals surface area contributed by atoms with Crippen LogP contribution in [0.4, 0.5) is 14.5 Å². The molecule has 2 amide bonds. The summed E-state index contributed by atoms with van der Waals surface area (Å²) in [5.41, 5.74) is 0.312. The van der Waals surface area contributed by atoms with E-state index in [2.05, 4.69) is 44.3 Å². The number of rotatable bonds is 8. The molecule has 2 N–H and O–H groups in total. The third-order valence-electron chi connectivity index (χ3n) is 9.40. The van der Waals surface area contributed by atoms with E-state index in [9.17, 15) is 19.5 Å². The Kier molecular flexibility index (Phi) is 7.88. The lowest BCUT2D eigenvalue weighted by molar-refractivity contribution is -0.148. The first-order chi connectivity index (χ1) is 19.9. The average molecular weight is 637 g/mol. The van der Waals surface area contributed by atoms with Gasteiger partial charge in [-0.15, -0.1) is 0 Å². The molecule has 0 aromatic heterocycles. The van der Waals surface area contributed by atoms with Gasteiger partial charge >= 0.3 is 5.97 Å². The topological polar surface area (TPSA) is 90.0 Å². The van der Waals surface area contributed by atoms with Crippen LogP contribution in [0.2, 0.25) is 10.0 Å². The second-order valence-corrected chi connectivity index (χ2v) is 14.4. The van der Waals surface area contributed by atoms with Crippen LogP contribution in [0.5, 0.6) is 0 Å². The molecule has 232 valence electrons. The summed E-state index contributed by atoms with van der Waals surface area (Å²) >= 11 is 12.6. The number of amides is 2. The molecule has 0 unspecified atom stereocenters. The normalized spacial score (nSPS) is 24.8. The third kappa shape index (κ3) is 5.64. The Morgan fingerprint density at radius 1 is 1.19 bits per heavy atom. The predicted octanol–water partition coefficient (Wildman–Crippen LogP) is 6.45. The number of alkyl halides is 2. The zero-order valence-electron chi connectivity index (χ0n) is 24.9. The number of nitrogens with one attached hydrogen (secondary N) is 1. The van der Waals surface area contributed by atoms with E-state index in [1.54, 1.807) is 18.9 Å². The number of anilines is 1. The van der Waals surface area contributed by atoms with Crippen LogP contribution in [0.15, 0.2) is 36.4 Å². The minimum Gasteiger partial charge on any atom is -0.481 e. The fourth-order valence-corrected chi connectivity index (χ4v) is 7.45. The highest BCUT2D eigenvalue weighted by Gasteiger charge is 2.62. The van der Waals surface area contributed by atoms with Crippen molar-refractivity contribution in [3.05, 3.63) is 63.1 Å². The number of likely N-dealkylation sites (tertiary alicyclic amines) is 1. The molecule has 2 fully saturated rings. The summed E-state index contributed by atoms with van der Waals surface area (Å²) in [5, 5.41) is 12.7. The standard InChI is InChI=1S/C32H37Cl2F2N3O4/c1-18(27(42)38(5)16-30(9-10-30)20-8-6-7-19(11-20)29(2,3)4)24-14-31(35,36)17-39(24)32(15-25(40)41)22-12-21(33)13-23(34)26(22)37-28(32)43/h6-8,11-13,18,24H,9-10,14-17H2,1-5H3,(H,37,43)(H,40,41)/t18-,24-,32-/m1/s1. The number of aliphatic carboxylic acids is 1. The summed E-state index contributed by atoms with van der Waals surface area (Å²) in [5.74, 6) is -6.73. The third-order valence-corrected chi connectivity index (χ3v) is 9.92. The van der Waals surface area contributed by atoms with Gasteiger partial charge in [-0.3, -0.25) is 19.3 Å². The van der Waals surface area contributed by atoms with E-state index in [4.69, 9.17) is 23.2 Å². The highest BCUT2D eigenvalue weighted by atomic mass is 35.5. The summed E-state index contributed by atoms with van der Waals surface area (Å²) in [6.07, 6.45) is 0.296. The minimum absolute atomic E-state index is 0.0367. The molecule has 11 heteroatoms. The first kappa shape index (κ1) is 31.7. The van der Waals surface area contributed by atoms with Gasteiger partial charge < -0.3 is 15.3 Å². The van der Waals surface area contributed by atoms with Gasteiger partial charge in [-0.25, -0.2) is 8.78 Å². The van der Waals surface area contributed by atoms with E-state index in [1.807, 2.05) is 6.07 Å². The Labute approximate surface area is 260 Å². The number of likely N-dealkylation sites (N-methyl/N-ethyl adjacent to an activating group) is 1. The number of hydrogen-bond donors (Lipinski definition) is 2. The molecule has 0 spiro atoms. The van der Waals surface area contributed by atoms with Crippen LogP contribution in [0, 0.1) is 5.92 Å². The molecule has 7 nitrogen and oxygen atoms in total. The lowest BCUT2D eigenvalue weighted by atomic mass is 9.83. The summed E-state index contributed by atoms with van der Waals surface area (Å²) in [7, 11) is 1.67. The molecule has 5 rings (SSSR count). The van der Waals surface area contributed by atoms with E-state index < -0.39 is 54.7 Å². The molecule has 2 heterocycles. The molecule has 2 aliphatic heterocycles. The number of benzene rings is 2. The number of fused-ring (bicyclic) bond motifs is 1. The van der Waals surface area contributed by atoms with Crippen LogP contribution in [0.25, 0.3) is 0 Å². The number of carbonyl (C=O) groups is 3. The lowest BCUT2D eigenvalue weighted by Crippen LogP contribution is -2.57. The molecular formula is C32H37Cl2F2N3O4. The first-order valence-corrected chi connectivity index (χ1v) is 15.2. The highest BCUT2D eigenvalue weighted by Crippen LogP contribution is 2.53. The van der Waals surface area contributed by atoms with Crippen molar-refractivity contribution < 1.29 is 28.3 Å². The Morgan fingerprint density at radius 2 is 1.86 bits per heavy atom. The summed E-state index contributed by atoms with van der Waals surface area (Å²) < 4.78 is 30.5. The monoisotopic (exact) mass is 635 g/mol. The molecule has 3 atom stereocenters. The Morgan fingerprint density at radius 3 is 2.47 bits per heavy atom. The van der Waals surface area contributed by atoms with Crippen LogP contribution in [-0.4, -0.2) is 64.8 Å². The highest BCUT2D eigenvalue weighted by molar-refractivity contribution is 6.38. The second kappa shape index (κ2) is 10.7. The predicted molar refractivity (Wildman–Crippen MR) is 162 cm³/mol. The van der Waals surface area contributed by atoms with E-state index >= 15 is 8.78 Å². The Balaban J connectivity index is 1.46. The van der Waals surface area contributed by atoms with E-state index in [1.165, 1.54) is 22.6 Å². The molecule has 2 aromatic rings. The molecule has 43 heavy (non-hydrogen) atoms. The number of carboxylic acids is 1. The SMILES string of the molecule is C[C@@H](C(=O)N(C)CC1(c2cccc(C(C)(C)C)c2)CC1)[C@H]1CC(F)(F)CN1[C@@]1(CC(=O)O)C(=O)Nc2c(Cl)cc(Cl)cc21. The van der Waals surface area contributed by atoms with Crippen molar-refractivity contribution in [3.8, 4) is 0 Å². The number of carboxylic acid groups (broad SMARTS) is 1. The first-order valence-electron chi connectivity index (χ1n) is 14.4. The van der Waals surface area contributed by atoms with Crippen molar-refractivity contribution in [3.63, 3.8) is 0 Å². The summed E-state index contributed by atoms with van der Waals surface area (Å²) in [4.78, 5) is 42.5. The maximum atomic E-state index is 15.2. The summed E-state index contributed by atoms with van der Waals surface area (Å²) in [6, 6.07) is 10.0. The van der Waals surface area contributed by atoms with Gasteiger partial charge in [-0.2, -0.15) is 0 Å². The van der Waals surface area contributed by atoms with Crippen molar-refractivity contribution in [2.24, 2.45) is 5.92 Å². The fourth-order valence-electron chi connectivity index (χ4n) is 6.91. The van der Waals surface area contributed by atoms with Crippen LogP contribution in [0.1, 0.15) is 70.1 Å². The second-order valence-electron chi connectivity index (χ2n) is 13.5. The Hall–Kier alpha value is -2.75. The van der Waals surface area contributed by atoms with Crippen molar-refractivity contribution in [2.75, 3.05) is 25.5 Å². The number of hydrogen-bond acceptors (Lipinski definition) is 4. The lowest BCUT2D eigenvalue weighted by Gasteiger charge is -2.42. The van der Waals surface area contributed by atoms with Gasteiger partial charge in [0.1, 0.15) is 5.54 Å². The zero-order valence-corrected chi connectivity index (χ0v) is 26.5. The largest absolute Gasteiger partial charge is 0.481 e. The van der Waals surface area contributed by atoms with Gasteiger partial charge in [-0.1, -0.05) is 75.2 Å². The van der Waals surface area contributed by atoms with Crippen LogP contribution >= 0.6 is 23.2 Å². The molecule has 2 aromatic carbocycles. The van der Waals surface area contributed by atoms with E-state index in [-0.39, 0.29) is 38.0 Å². The molecule has 0 radical (unpaired) electrons. The van der Waals surface area contributed by atoms with Gasteiger partial charge in [0.05, 0.1) is 29.6 Å². The van der Waals surface area contributed by atoms with Crippen LogP contribution in [-0.2, 0) is 30.8 Å². The van der Waals surface area contributed by atoms with Crippen LogP contribution in [0.3, 0.4) is 0 Å². The van der Waals surface area contributed by atoms with Crippen LogP contribution < -0.4 is 5.32 Å². The van der Waals surface area contributed by atoms with E-state index in [0.717, 1.165) is 18.4 Å². The average Bonchev–Trinajstić information content (AvgIpc) is 3.54. The summed E-state index contributed by atoms with van der Waals surface area (Å²) in [6.45, 7) is 7.54. The molecule has 1 aliphatic carbocycles. The Bertz CT molecular complexity index is 1490. The minimum atomic E-state index is -3.26. The van der Waals surface area contributed by atoms with Crippen molar-refractivity contribution in [1.29, 1.82) is 0 Å². The number of halogens is 4. The number of nitrogens with zero attached hydrogens (tertiary/aromatic N) is 2. The quantitative estimate of drug-likeness (QED) is 0.348. The van der Waals surface area contributed by atoms with Crippen molar-refractivity contribution >= 4 is 46.7 Å². The van der Waals surface area contributed by atoms with Crippen molar-refractivity contribution in [1.82, 2.24) is 9.80 Å². The van der Waals surface area contributed by atoms with Gasteiger partial charge in [-0.05, 0) is 41.5 Å². The van der Waals surface area contributed by atoms with Crippen molar-refractivity contribution in [2.45, 2.75) is 81.7 Å². The maximum Gasteiger partial charge on any atom is 0.306 e. The number of carbonyl (C=O) groups excluding carboxylic acids is 2. The van der Waals surface area contributed by atoms with Gasteiger partial charge in [0.2, 0.25) is 11.8 Å². The van der Waals surface area contributed by atoms with Gasteiger partial charge in [0, 0.05) is 42.1 Å². The van der Waals surface area contributed by atoms with Gasteiger partial charge in [0.25, 0.3) is 5.92 Å². The fraction of sp³-hybridized carbons (Fsp3) is 0.531. The molecule has 0 bridgehead atoms. The molecule has 3 aliphatic rings. The molecule has 1 saturated heterocycles. The zero-order chi connectivity index (χ0) is 31.7. The van der Waals surface area contributed by atoms with Gasteiger partial charge in [0.15, 0.2) is 0 Å².